The molecule has 0 unspecified atom stereocenters. The predicted octanol–water partition coefficient (Wildman–Crippen LogP) is 4.63. The molecule has 0 aromatic heterocycles. The lowest BCUT2D eigenvalue weighted by atomic mass is 10.2. The number of halogens is 5. The van der Waals surface area contributed by atoms with E-state index in [2.05, 4.69) is 21.2 Å². The van der Waals surface area contributed by atoms with Crippen LogP contribution in [0.3, 0.4) is 0 Å². The molecule has 0 aliphatic heterocycles. The van der Waals surface area contributed by atoms with Crippen molar-refractivity contribution in [3.63, 3.8) is 0 Å². The Labute approximate surface area is 126 Å². The summed E-state index contributed by atoms with van der Waals surface area (Å²) >= 11 is 3.26. The molecule has 0 saturated heterocycles. The number of rotatable bonds is 4. The molecule has 0 spiro atoms. The summed E-state index contributed by atoms with van der Waals surface area (Å²) in [6.07, 6.45) is 0. The van der Waals surface area contributed by atoms with Crippen molar-refractivity contribution in [1.82, 2.24) is 0 Å². The zero-order valence-corrected chi connectivity index (χ0v) is 12.4. The highest BCUT2D eigenvalue weighted by Crippen LogP contribution is 2.27. The van der Waals surface area contributed by atoms with Crippen LogP contribution in [0.25, 0.3) is 0 Å². The lowest BCUT2D eigenvalue weighted by molar-refractivity contribution is 0.412. The second kappa shape index (κ2) is 6.34. The molecular weight excluding hydrogens is 354 g/mol. The predicted molar refractivity (Wildman–Crippen MR) is 74.3 cm³/mol. The van der Waals surface area contributed by atoms with E-state index in [1.54, 1.807) is 18.2 Å². The van der Waals surface area contributed by atoms with Crippen LogP contribution in [0, 0.1) is 23.3 Å². The van der Waals surface area contributed by atoms with Crippen molar-refractivity contribution >= 4 is 21.6 Å². The van der Waals surface area contributed by atoms with Crippen molar-refractivity contribution in [1.29, 1.82) is 0 Å². The van der Waals surface area contributed by atoms with Crippen LogP contribution in [0.15, 0.2) is 28.7 Å². The highest BCUT2D eigenvalue weighted by atomic mass is 79.9. The largest absolute Gasteiger partial charge is 0.496 e. The number of hydrogen-bond acceptors (Lipinski definition) is 2. The van der Waals surface area contributed by atoms with Gasteiger partial charge in [0, 0.05) is 12.6 Å². The highest BCUT2D eigenvalue weighted by molar-refractivity contribution is 9.10. The summed E-state index contributed by atoms with van der Waals surface area (Å²) < 4.78 is 58.8. The van der Waals surface area contributed by atoms with E-state index in [1.165, 1.54) is 7.11 Å². The van der Waals surface area contributed by atoms with Gasteiger partial charge in [0.25, 0.3) is 0 Å². The van der Waals surface area contributed by atoms with Crippen molar-refractivity contribution in [2.75, 3.05) is 12.4 Å². The molecule has 0 bridgehead atoms. The second-order valence-corrected chi connectivity index (χ2v) is 5.02. The van der Waals surface area contributed by atoms with Crippen molar-refractivity contribution in [2.45, 2.75) is 6.54 Å². The first-order valence-corrected chi connectivity index (χ1v) is 6.62. The Balaban J connectivity index is 2.22. The first kappa shape index (κ1) is 15.6. The number of anilines is 1. The average molecular weight is 364 g/mol. The zero-order valence-electron chi connectivity index (χ0n) is 10.8. The van der Waals surface area contributed by atoms with Gasteiger partial charge in [0.05, 0.1) is 11.6 Å². The summed E-state index contributed by atoms with van der Waals surface area (Å²) in [7, 11) is 1.50. The lowest BCUT2D eigenvalue weighted by Gasteiger charge is -2.11. The van der Waals surface area contributed by atoms with E-state index >= 15 is 0 Å². The molecule has 1 N–H and O–H groups in total. The summed E-state index contributed by atoms with van der Waals surface area (Å²) in [5.41, 5.74) is -0.189. The van der Waals surface area contributed by atoms with Gasteiger partial charge in [0.2, 0.25) is 0 Å². The van der Waals surface area contributed by atoms with Crippen molar-refractivity contribution in [3.8, 4) is 5.75 Å². The van der Waals surface area contributed by atoms with Gasteiger partial charge in [-0.2, -0.15) is 0 Å². The number of nitrogens with one attached hydrogen (secondary N) is 1. The molecule has 2 rings (SSSR count). The Bertz CT molecular complexity index is 652. The highest BCUT2D eigenvalue weighted by Gasteiger charge is 2.18. The molecule has 0 radical (unpaired) electrons. The quantitative estimate of drug-likeness (QED) is 0.631. The molecule has 0 aliphatic rings. The first-order valence-electron chi connectivity index (χ1n) is 5.83. The number of hydrogen-bond donors (Lipinski definition) is 1. The topological polar surface area (TPSA) is 21.3 Å². The van der Waals surface area contributed by atoms with Gasteiger partial charge in [-0.1, -0.05) is 6.07 Å². The van der Waals surface area contributed by atoms with Crippen molar-refractivity contribution < 1.29 is 22.3 Å². The Kier molecular flexibility index (Phi) is 4.72. The molecule has 0 amide bonds. The molecule has 0 atom stereocenters. The van der Waals surface area contributed by atoms with Crippen LogP contribution in [0.1, 0.15) is 5.56 Å². The third-order valence-electron chi connectivity index (χ3n) is 2.80. The average Bonchev–Trinajstić information content (AvgIpc) is 2.45. The van der Waals surface area contributed by atoms with Crippen LogP contribution in [-0.2, 0) is 6.54 Å². The fourth-order valence-corrected chi connectivity index (χ4v) is 2.33. The van der Waals surface area contributed by atoms with Crippen LogP contribution in [-0.4, -0.2) is 7.11 Å². The van der Waals surface area contributed by atoms with Crippen molar-refractivity contribution in [3.05, 3.63) is 57.6 Å². The number of benzene rings is 2. The smallest absolute Gasteiger partial charge is 0.185 e. The van der Waals surface area contributed by atoms with E-state index in [9.17, 15) is 17.6 Å². The molecule has 0 saturated carbocycles. The van der Waals surface area contributed by atoms with E-state index in [4.69, 9.17) is 4.74 Å². The molecule has 7 heteroatoms. The molecule has 0 aliphatic carbocycles. The Morgan fingerprint density at radius 1 is 1.05 bits per heavy atom. The Morgan fingerprint density at radius 2 is 1.67 bits per heavy atom. The number of methoxy groups -OCH3 is 1. The van der Waals surface area contributed by atoms with Gasteiger partial charge < -0.3 is 10.1 Å². The van der Waals surface area contributed by atoms with Gasteiger partial charge >= 0.3 is 0 Å². The van der Waals surface area contributed by atoms with Crippen LogP contribution in [0.5, 0.6) is 5.75 Å². The van der Waals surface area contributed by atoms with Crippen molar-refractivity contribution in [2.24, 2.45) is 0 Å². The summed E-state index contributed by atoms with van der Waals surface area (Å²) in [6, 6.07) is 5.14. The van der Waals surface area contributed by atoms with Gasteiger partial charge in [-0.25, -0.2) is 17.6 Å². The van der Waals surface area contributed by atoms with E-state index < -0.39 is 29.0 Å². The zero-order chi connectivity index (χ0) is 15.6. The fourth-order valence-electron chi connectivity index (χ4n) is 1.74. The van der Waals surface area contributed by atoms with Gasteiger partial charge in [0.15, 0.2) is 23.3 Å². The van der Waals surface area contributed by atoms with Gasteiger partial charge in [-0.15, -0.1) is 0 Å². The molecule has 2 aromatic carbocycles. The standard InChI is InChI=1S/C14H10BrF4NO/c1-21-11-3-2-7(4-8(11)15)6-20-14-12(18)9(16)5-10(17)13(14)19/h2-5,20H,6H2,1H3. The van der Waals surface area contributed by atoms with E-state index in [0.717, 1.165) is 0 Å². The summed E-state index contributed by atoms with van der Waals surface area (Å²) in [4.78, 5) is 0. The van der Waals surface area contributed by atoms with Crippen LogP contribution < -0.4 is 10.1 Å². The monoisotopic (exact) mass is 363 g/mol. The summed E-state index contributed by atoms with van der Waals surface area (Å²) in [5, 5.41) is 2.35. The van der Waals surface area contributed by atoms with E-state index in [-0.39, 0.29) is 12.6 Å². The third-order valence-corrected chi connectivity index (χ3v) is 3.42. The maximum absolute atomic E-state index is 13.5. The summed E-state index contributed by atoms with van der Waals surface area (Å²) in [5.74, 6) is -5.23. The van der Waals surface area contributed by atoms with Crippen LogP contribution in [0.4, 0.5) is 23.2 Å². The Hall–Kier alpha value is -1.76. The van der Waals surface area contributed by atoms with Gasteiger partial charge in [-0.05, 0) is 33.6 Å². The Morgan fingerprint density at radius 3 is 2.19 bits per heavy atom. The summed E-state index contributed by atoms with van der Waals surface area (Å²) in [6.45, 7) is -0.0146. The minimum absolute atomic E-state index is 0.0146. The minimum atomic E-state index is -1.46. The fraction of sp³-hybridized carbons (Fsp3) is 0.143. The van der Waals surface area contributed by atoms with Crippen LogP contribution in [0.2, 0.25) is 0 Å². The second-order valence-electron chi connectivity index (χ2n) is 4.17. The van der Waals surface area contributed by atoms with Gasteiger partial charge in [-0.3, -0.25) is 0 Å². The maximum atomic E-state index is 13.5. The normalized spacial score (nSPS) is 10.6. The van der Waals surface area contributed by atoms with E-state index in [1.807, 2.05) is 0 Å². The molecule has 21 heavy (non-hydrogen) atoms. The first-order chi connectivity index (χ1) is 9.93. The molecular formula is C14H10BrF4NO. The maximum Gasteiger partial charge on any atom is 0.185 e. The molecule has 2 aromatic rings. The lowest BCUT2D eigenvalue weighted by Crippen LogP contribution is -2.07. The van der Waals surface area contributed by atoms with Gasteiger partial charge in [0.1, 0.15) is 11.4 Å². The molecule has 112 valence electrons. The molecule has 0 heterocycles. The minimum Gasteiger partial charge on any atom is -0.496 e. The van der Waals surface area contributed by atoms with Crippen LogP contribution >= 0.6 is 15.9 Å². The number of ether oxygens (including phenoxy) is 1. The molecule has 2 nitrogen and oxygen atoms in total. The van der Waals surface area contributed by atoms with E-state index in [0.29, 0.717) is 15.8 Å². The SMILES string of the molecule is COc1ccc(CNc2c(F)c(F)cc(F)c2F)cc1Br. The molecule has 0 fully saturated rings. The third kappa shape index (κ3) is 3.29.